The van der Waals surface area contributed by atoms with Crippen molar-refractivity contribution in [3.8, 4) is 5.75 Å². The minimum Gasteiger partial charge on any atom is -0.488 e. The van der Waals surface area contributed by atoms with Gasteiger partial charge in [-0.25, -0.2) is 0 Å². The van der Waals surface area contributed by atoms with Gasteiger partial charge in [0, 0.05) is 13.1 Å². The highest BCUT2D eigenvalue weighted by molar-refractivity contribution is 14.1. The van der Waals surface area contributed by atoms with Gasteiger partial charge in [-0.05, 0) is 88.3 Å². The van der Waals surface area contributed by atoms with Gasteiger partial charge >= 0.3 is 0 Å². The fraction of sp³-hybridized carbons (Fsp3) is 0.200. The number of thioether (sulfide) groups is 1. The lowest BCUT2D eigenvalue weighted by Gasteiger charge is -2.11. The summed E-state index contributed by atoms with van der Waals surface area (Å²) in [5, 5.41) is 3.21. The fourth-order valence-electron chi connectivity index (χ4n) is 3.49. The standard InChI is InChI=1S/C25H23IN2O2S/c1-3-27-25-28(4-2)24(29)23(31-25)15-17-12-13-22(21(26)14-17)30-16-19-10-7-9-18-8-5-6-11-20(18)19/h5-15H,3-4,16H2,1-2H3/b23-15+,27-25?. The second kappa shape index (κ2) is 9.87. The van der Waals surface area contributed by atoms with E-state index in [2.05, 4.69) is 64.0 Å². The highest BCUT2D eigenvalue weighted by atomic mass is 127. The lowest BCUT2D eigenvalue weighted by atomic mass is 10.1. The Morgan fingerprint density at radius 1 is 1.10 bits per heavy atom. The molecule has 0 aliphatic carbocycles. The second-order valence-corrected chi connectivity index (χ2v) is 9.21. The highest BCUT2D eigenvalue weighted by Gasteiger charge is 2.31. The Balaban J connectivity index is 1.51. The zero-order valence-corrected chi connectivity index (χ0v) is 20.4. The first-order valence-corrected chi connectivity index (χ1v) is 12.1. The molecule has 4 nitrogen and oxygen atoms in total. The zero-order chi connectivity index (χ0) is 21.8. The van der Waals surface area contributed by atoms with Crippen molar-refractivity contribution in [2.75, 3.05) is 13.1 Å². The molecule has 1 aliphatic heterocycles. The third kappa shape index (κ3) is 4.80. The van der Waals surface area contributed by atoms with Crippen molar-refractivity contribution in [3.05, 3.63) is 80.3 Å². The van der Waals surface area contributed by atoms with E-state index in [4.69, 9.17) is 4.74 Å². The molecule has 1 saturated heterocycles. The number of likely N-dealkylation sites (N-methyl/N-ethyl adjacent to an activating group) is 1. The zero-order valence-electron chi connectivity index (χ0n) is 17.5. The smallest absolute Gasteiger partial charge is 0.266 e. The number of amides is 1. The van der Waals surface area contributed by atoms with Crippen LogP contribution in [-0.2, 0) is 11.4 Å². The number of rotatable bonds is 6. The van der Waals surface area contributed by atoms with Crippen LogP contribution in [0.15, 0.2) is 70.6 Å². The monoisotopic (exact) mass is 542 g/mol. The summed E-state index contributed by atoms with van der Waals surface area (Å²) < 4.78 is 7.14. The number of amidine groups is 1. The highest BCUT2D eigenvalue weighted by Crippen LogP contribution is 2.33. The van der Waals surface area contributed by atoms with Crippen molar-refractivity contribution < 1.29 is 9.53 Å². The van der Waals surface area contributed by atoms with Crippen molar-refractivity contribution in [1.29, 1.82) is 0 Å². The molecule has 1 fully saturated rings. The summed E-state index contributed by atoms with van der Waals surface area (Å²) in [6.45, 7) is 5.75. The summed E-state index contributed by atoms with van der Waals surface area (Å²) in [5.74, 6) is 0.857. The van der Waals surface area contributed by atoms with Crippen molar-refractivity contribution >= 4 is 62.3 Å². The number of carbonyl (C=O) groups excluding carboxylic acids is 1. The van der Waals surface area contributed by atoms with Gasteiger partial charge in [-0.15, -0.1) is 0 Å². The molecule has 4 rings (SSSR count). The number of benzene rings is 3. The second-order valence-electron chi connectivity index (χ2n) is 7.03. The van der Waals surface area contributed by atoms with Crippen LogP contribution >= 0.6 is 34.4 Å². The van der Waals surface area contributed by atoms with Gasteiger partial charge < -0.3 is 4.74 Å². The van der Waals surface area contributed by atoms with Crippen molar-refractivity contribution in [1.82, 2.24) is 4.90 Å². The maximum Gasteiger partial charge on any atom is 0.266 e. The molecule has 0 bridgehead atoms. The molecule has 0 saturated carbocycles. The van der Waals surface area contributed by atoms with Gasteiger partial charge in [-0.2, -0.15) is 0 Å². The molecule has 3 aromatic carbocycles. The number of carbonyl (C=O) groups is 1. The van der Waals surface area contributed by atoms with Gasteiger partial charge in [0.25, 0.3) is 5.91 Å². The minimum absolute atomic E-state index is 0.0194. The van der Waals surface area contributed by atoms with E-state index in [0.29, 0.717) is 24.6 Å². The Morgan fingerprint density at radius 3 is 2.68 bits per heavy atom. The summed E-state index contributed by atoms with van der Waals surface area (Å²) in [4.78, 5) is 19.6. The lowest BCUT2D eigenvalue weighted by Crippen LogP contribution is -2.28. The van der Waals surface area contributed by atoms with E-state index >= 15 is 0 Å². The molecular formula is C25H23IN2O2S. The fourth-order valence-corrected chi connectivity index (χ4v) is 5.29. The Bertz CT molecular complexity index is 1180. The molecule has 6 heteroatoms. The number of aliphatic imine (C=N–C) groups is 1. The van der Waals surface area contributed by atoms with Gasteiger partial charge in [0.1, 0.15) is 12.4 Å². The van der Waals surface area contributed by atoms with Crippen LogP contribution in [0.4, 0.5) is 0 Å². The molecule has 0 radical (unpaired) electrons. The topological polar surface area (TPSA) is 41.9 Å². The number of hydrogen-bond acceptors (Lipinski definition) is 4. The van der Waals surface area contributed by atoms with Crippen LogP contribution in [0, 0.1) is 3.57 Å². The van der Waals surface area contributed by atoms with Gasteiger partial charge in [-0.1, -0.05) is 48.5 Å². The SMILES string of the molecule is CCN=C1S/C(=C/c2ccc(OCc3cccc4ccccc34)c(I)c2)C(=O)N1CC. The van der Waals surface area contributed by atoms with Crippen molar-refractivity contribution in [3.63, 3.8) is 0 Å². The first-order chi connectivity index (χ1) is 15.1. The molecule has 1 aliphatic rings. The van der Waals surface area contributed by atoms with Gasteiger partial charge in [0.05, 0.1) is 8.48 Å². The normalized spacial score (nSPS) is 16.6. The molecular weight excluding hydrogens is 519 g/mol. The van der Waals surface area contributed by atoms with E-state index < -0.39 is 0 Å². The molecule has 3 aromatic rings. The van der Waals surface area contributed by atoms with Gasteiger partial charge in [0.15, 0.2) is 5.17 Å². The summed E-state index contributed by atoms with van der Waals surface area (Å²) in [5.41, 5.74) is 2.14. The summed E-state index contributed by atoms with van der Waals surface area (Å²) >= 11 is 3.73. The van der Waals surface area contributed by atoms with Crippen LogP contribution in [0.1, 0.15) is 25.0 Å². The predicted molar refractivity (Wildman–Crippen MR) is 138 cm³/mol. The first kappa shape index (κ1) is 21.9. The molecule has 0 spiro atoms. The summed E-state index contributed by atoms with van der Waals surface area (Å²) in [7, 11) is 0. The van der Waals surface area contributed by atoms with Gasteiger partial charge in [-0.3, -0.25) is 14.7 Å². The van der Waals surface area contributed by atoms with Crippen LogP contribution in [0.3, 0.4) is 0 Å². The largest absolute Gasteiger partial charge is 0.488 e. The Morgan fingerprint density at radius 2 is 1.90 bits per heavy atom. The van der Waals surface area contributed by atoms with Crippen LogP contribution < -0.4 is 4.74 Å². The molecule has 0 aromatic heterocycles. The Labute approximate surface area is 200 Å². The van der Waals surface area contributed by atoms with E-state index in [1.54, 1.807) is 4.90 Å². The van der Waals surface area contributed by atoms with E-state index in [9.17, 15) is 4.79 Å². The number of fused-ring (bicyclic) bond motifs is 1. The Kier molecular flexibility index (Phi) is 6.97. The van der Waals surface area contributed by atoms with Gasteiger partial charge in [0.2, 0.25) is 0 Å². The number of nitrogens with zero attached hydrogens (tertiary/aromatic N) is 2. The maximum absolute atomic E-state index is 12.7. The van der Waals surface area contributed by atoms with E-state index in [1.165, 1.54) is 22.5 Å². The predicted octanol–water partition coefficient (Wildman–Crippen LogP) is 6.34. The molecule has 158 valence electrons. The van der Waals surface area contributed by atoms with E-state index in [1.807, 2.05) is 44.2 Å². The summed E-state index contributed by atoms with van der Waals surface area (Å²) in [6, 6.07) is 20.6. The maximum atomic E-state index is 12.7. The Hall–Kier alpha value is -2.32. The van der Waals surface area contributed by atoms with Crippen LogP contribution in [0.2, 0.25) is 0 Å². The molecule has 0 unspecified atom stereocenters. The molecule has 0 atom stereocenters. The first-order valence-electron chi connectivity index (χ1n) is 10.3. The molecule has 1 amide bonds. The quantitative estimate of drug-likeness (QED) is 0.270. The van der Waals surface area contributed by atoms with E-state index in [-0.39, 0.29) is 5.91 Å². The number of hydrogen-bond donors (Lipinski definition) is 0. The van der Waals surface area contributed by atoms with Crippen LogP contribution in [-0.4, -0.2) is 29.1 Å². The third-order valence-corrected chi connectivity index (χ3v) is 6.90. The van der Waals surface area contributed by atoms with E-state index in [0.717, 1.165) is 25.6 Å². The lowest BCUT2D eigenvalue weighted by molar-refractivity contribution is -0.122. The number of ether oxygens (including phenoxy) is 1. The number of halogens is 1. The third-order valence-electron chi connectivity index (χ3n) is 5.01. The van der Waals surface area contributed by atoms with Crippen LogP contribution in [0.25, 0.3) is 16.8 Å². The minimum atomic E-state index is 0.0194. The summed E-state index contributed by atoms with van der Waals surface area (Å²) in [6.07, 6.45) is 1.94. The van der Waals surface area contributed by atoms with Crippen molar-refractivity contribution in [2.45, 2.75) is 20.5 Å². The average molecular weight is 542 g/mol. The van der Waals surface area contributed by atoms with Crippen LogP contribution in [0.5, 0.6) is 5.75 Å². The molecule has 31 heavy (non-hydrogen) atoms. The average Bonchev–Trinajstić information content (AvgIpc) is 3.07. The van der Waals surface area contributed by atoms with Crippen molar-refractivity contribution in [2.24, 2.45) is 4.99 Å². The molecule has 0 N–H and O–H groups in total. The molecule has 1 heterocycles.